The van der Waals surface area contributed by atoms with Crippen molar-refractivity contribution in [3.05, 3.63) is 108 Å². The van der Waals surface area contributed by atoms with Gasteiger partial charge in [-0.05, 0) is 108 Å². The number of benzene rings is 3. The first-order chi connectivity index (χ1) is 48.3. The van der Waals surface area contributed by atoms with Crippen LogP contribution < -0.4 is 21.3 Å². The van der Waals surface area contributed by atoms with E-state index in [2.05, 4.69) is 21.3 Å². The van der Waals surface area contributed by atoms with Gasteiger partial charge in [0.1, 0.15) is 60.4 Å². The Bertz CT molecular complexity index is 3360. The van der Waals surface area contributed by atoms with E-state index in [-0.39, 0.29) is 56.3 Å². The Morgan fingerprint density at radius 2 is 0.874 bits per heavy atom. The monoisotopic (exact) mass is 1430 g/mol. The van der Waals surface area contributed by atoms with E-state index >= 15 is 33.6 Å². The van der Waals surface area contributed by atoms with E-state index in [9.17, 15) is 29.1 Å². The van der Waals surface area contributed by atoms with Gasteiger partial charge in [-0.2, -0.15) is 0 Å². The third kappa shape index (κ3) is 24.7. The maximum atomic E-state index is 15.8. The molecule has 3 aromatic rings. The van der Waals surface area contributed by atoms with Crippen LogP contribution in [0.25, 0.3) is 0 Å². The van der Waals surface area contributed by atoms with Gasteiger partial charge >= 0.3 is 0 Å². The number of nitrogens with zero attached hydrogens (tertiary/aromatic N) is 8. The number of rotatable bonds is 16. The number of ether oxygens (including phenoxy) is 1. The number of carbonyl (C=O) groups excluding carboxylic acids is 12. The Labute approximate surface area is 609 Å². The molecule has 0 bridgehead atoms. The first-order valence-corrected chi connectivity index (χ1v) is 36.1. The summed E-state index contributed by atoms with van der Waals surface area (Å²) in [6.45, 7) is 18.6. The van der Waals surface area contributed by atoms with Gasteiger partial charge in [0.2, 0.25) is 70.9 Å². The zero-order valence-electron chi connectivity index (χ0n) is 64.0. The molecule has 0 radical (unpaired) electrons. The molecule has 0 spiro atoms. The van der Waals surface area contributed by atoms with Crippen LogP contribution in [-0.2, 0) is 81.5 Å². The zero-order chi connectivity index (χ0) is 76.9. The predicted octanol–water partition coefficient (Wildman–Crippen LogP) is 3.84. The predicted molar refractivity (Wildman–Crippen MR) is 392 cm³/mol. The second-order valence-corrected chi connectivity index (χ2v) is 30.1. The van der Waals surface area contributed by atoms with Crippen LogP contribution >= 0.6 is 0 Å². The van der Waals surface area contributed by atoms with E-state index < -0.39 is 163 Å². The summed E-state index contributed by atoms with van der Waals surface area (Å²) >= 11 is 0. The fourth-order valence-corrected chi connectivity index (χ4v) is 12.9. The van der Waals surface area contributed by atoms with Crippen LogP contribution in [0.4, 0.5) is 0 Å². The van der Waals surface area contributed by atoms with Gasteiger partial charge in [0.05, 0.1) is 31.3 Å². The first kappa shape index (κ1) is 84.9. The normalized spacial score (nSPS) is 24.7. The molecule has 2 aliphatic heterocycles. The number of aliphatic hydroxyl groups is 1. The molecule has 0 aromatic heterocycles. The molecule has 2 saturated heterocycles. The van der Waals surface area contributed by atoms with Crippen molar-refractivity contribution in [1.29, 1.82) is 0 Å². The van der Waals surface area contributed by atoms with Gasteiger partial charge in [0, 0.05) is 81.7 Å². The van der Waals surface area contributed by atoms with Crippen molar-refractivity contribution in [2.24, 2.45) is 17.8 Å². The minimum atomic E-state index is -1.67. The lowest BCUT2D eigenvalue weighted by Crippen LogP contribution is -2.62. The van der Waals surface area contributed by atoms with Gasteiger partial charge in [-0.1, -0.05) is 133 Å². The van der Waals surface area contributed by atoms with Crippen LogP contribution in [0.3, 0.4) is 0 Å². The van der Waals surface area contributed by atoms with Crippen molar-refractivity contribution in [3.63, 3.8) is 0 Å². The number of carbonyl (C=O) groups is 12. The Balaban J connectivity index is 1.72. The molecule has 12 amide bonds. The van der Waals surface area contributed by atoms with Crippen LogP contribution in [0.15, 0.2) is 91.0 Å². The van der Waals surface area contributed by atoms with E-state index in [4.69, 9.17) is 4.74 Å². The van der Waals surface area contributed by atoms with E-state index in [0.29, 0.717) is 42.6 Å². The molecule has 103 heavy (non-hydrogen) atoms. The average molecular weight is 1430 g/mol. The SMILES string of the molecule is CC(C)C[C@@H]1NC(=O)[C@H](Cc2ccccc2)N(C)C(=O)[C@H](C)NC(=O)C[C@@H](C(=O)N2CCCCC2)N(C)C(=O)[C@H](Cc2ccccc2)N(C)C(=O)[C@H](Cc2ccccc2)N(C)C(=O)[C@H](COC(C)(C)C)NC(=O)[C@H](CC(C)C)N(C)C(=O)CN(C)C(=O)[C@H]([C@@H](C)O)NC(=O)[C@H](CC(C)C)N(C)C1=O. The van der Waals surface area contributed by atoms with E-state index in [1.54, 1.807) is 117 Å². The van der Waals surface area contributed by atoms with E-state index in [0.717, 1.165) is 21.1 Å². The summed E-state index contributed by atoms with van der Waals surface area (Å²) in [5.41, 5.74) is 1.02. The number of hydrogen-bond donors (Lipinski definition) is 5. The molecule has 0 aliphatic carbocycles. The summed E-state index contributed by atoms with van der Waals surface area (Å²) in [6.07, 6.45) is -0.0946. The number of piperidine rings is 1. The number of amides is 12. The second kappa shape index (κ2) is 39.2. The maximum Gasteiger partial charge on any atom is 0.248 e. The van der Waals surface area contributed by atoms with Crippen LogP contribution in [0.2, 0.25) is 0 Å². The summed E-state index contributed by atoms with van der Waals surface area (Å²) in [6, 6.07) is 12.7. The van der Waals surface area contributed by atoms with Gasteiger partial charge in [-0.25, -0.2) is 0 Å². The topological polar surface area (TPSA) is 308 Å². The summed E-state index contributed by atoms with van der Waals surface area (Å²) in [4.78, 5) is 191. The summed E-state index contributed by atoms with van der Waals surface area (Å²) < 4.78 is 6.23. The number of hydrogen-bond acceptors (Lipinski definition) is 14. The third-order valence-electron chi connectivity index (χ3n) is 19.1. The quantitative estimate of drug-likeness (QED) is 0.136. The largest absolute Gasteiger partial charge is 0.391 e. The molecule has 26 nitrogen and oxygen atoms in total. The first-order valence-electron chi connectivity index (χ1n) is 36.1. The molecular weight excluding hydrogens is 1320 g/mol. The van der Waals surface area contributed by atoms with Crippen molar-refractivity contribution >= 4 is 70.9 Å². The highest BCUT2D eigenvalue weighted by Crippen LogP contribution is 2.24. The minimum Gasteiger partial charge on any atom is -0.391 e. The Morgan fingerprint density at radius 3 is 1.34 bits per heavy atom. The summed E-state index contributed by atoms with van der Waals surface area (Å²) in [5.74, 6) is -9.63. The number of likely N-dealkylation sites (N-methyl/N-ethyl adjacent to an activating group) is 7. The molecule has 0 unspecified atom stereocenters. The fraction of sp³-hybridized carbons (Fsp3) is 0.610. The van der Waals surface area contributed by atoms with Crippen molar-refractivity contribution < 1.29 is 67.4 Å². The van der Waals surface area contributed by atoms with Crippen LogP contribution in [-0.4, -0.2) is 263 Å². The van der Waals surface area contributed by atoms with Crippen molar-refractivity contribution in [2.75, 3.05) is 75.6 Å². The Kier molecular flexibility index (Phi) is 32.3. The third-order valence-corrected chi connectivity index (χ3v) is 19.1. The molecule has 3 aromatic carbocycles. The highest BCUT2D eigenvalue weighted by Gasteiger charge is 2.44. The number of likely N-dealkylation sites (tertiary alicyclic amines) is 1. The van der Waals surface area contributed by atoms with E-state index in [1.165, 1.54) is 82.8 Å². The molecule has 5 rings (SSSR count). The molecule has 2 heterocycles. The Morgan fingerprint density at radius 1 is 0.476 bits per heavy atom. The highest BCUT2D eigenvalue weighted by molar-refractivity contribution is 6.00. The van der Waals surface area contributed by atoms with Gasteiger partial charge < -0.3 is 70.3 Å². The smallest absolute Gasteiger partial charge is 0.248 e. The second-order valence-electron chi connectivity index (χ2n) is 30.1. The lowest BCUT2D eigenvalue weighted by molar-refractivity contribution is -0.155. The fourth-order valence-electron chi connectivity index (χ4n) is 12.9. The zero-order valence-corrected chi connectivity index (χ0v) is 64.0. The number of nitrogens with one attached hydrogen (secondary N) is 4. The molecule has 2 aliphatic rings. The van der Waals surface area contributed by atoms with Gasteiger partial charge in [0.25, 0.3) is 0 Å². The van der Waals surface area contributed by atoms with Gasteiger partial charge in [0.15, 0.2) is 0 Å². The molecular formula is C77H116N12O14. The molecule has 568 valence electrons. The highest BCUT2D eigenvalue weighted by atomic mass is 16.5. The molecule has 26 heteroatoms. The van der Waals surface area contributed by atoms with Crippen LogP contribution in [0.1, 0.15) is 138 Å². The summed E-state index contributed by atoms with van der Waals surface area (Å²) in [7, 11) is 9.68. The summed E-state index contributed by atoms with van der Waals surface area (Å²) in [5, 5.41) is 22.4. The number of aliphatic hydroxyl groups excluding tert-OH is 1. The van der Waals surface area contributed by atoms with Crippen molar-refractivity contribution in [3.8, 4) is 0 Å². The van der Waals surface area contributed by atoms with Crippen LogP contribution in [0.5, 0.6) is 0 Å². The van der Waals surface area contributed by atoms with E-state index in [1.807, 2.05) is 41.5 Å². The molecule has 5 N–H and O–H groups in total. The maximum absolute atomic E-state index is 15.8. The average Bonchev–Trinajstić information content (AvgIpc) is 0.813. The lowest BCUT2D eigenvalue weighted by Gasteiger charge is -2.39. The Hall–Kier alpha value is -8.78. The van der Waals surface area contributed by atoms with Gasteiger partial charge in [-0.15, -0.1) is 0 Å². The minimum absolute atomic E-state index is 0.0520. The molecule has 11 atom stereocenters. The van der Waals surface area contributed by atoms with Crippen molar-refractivity contribution in [1.82, 2.24) is 60.5 Å². The molecule has 2 fully saturated rings. The van der Waals surface area contributed by atoms with Crippen LogP contribution in [0, 0.1) is 17.8 Å². The molecule has 0 saturated carbocycles. The standard InChI is InChI=1S/C77H116N12O14/c1-48(2)39-56-71(97)85(15)59(41-50(5)6)69(95)81-66(52(8)90)76(102)82(12)46-65(92)83(13)58(40-49(3)4)67(93)80-57(47-103-77(9,10)11)72(98)86(16)61(43-54-33-25-20-26-34-54)73(99)87(17)62(44-55-35-27-21-28-36-55)74(100)88(18)63(75(101)89-37-29-22-30-38-89)45-64(91)78-51(7)70(96)84(14)60(68(94)79-56)42-53-31-23-19-24-32-53/h19-21,23-28,31-36,48-52,56-63,66,90H,22,29-30,37-47H2,1-18H3,(H,78,91)(H,79,94)(H,80,93)(H,81,95)/t51-,52+,56-,57-,58-,59-,60-,61-,62-,63-,66-/m0/s1. The van der Waals surface area contributed by atoms with Gasteiger partial charge in [-0.3, -0.25) is 57.5 Å². The van der Waals surface area contributed by atoms with Crippen molar-refractivity contribution in [2.45, 2.75) is 212 Å². The lowest BCUT2D eigenvalue weighted by atomic mass is 9.97.